The summed E-state index contributed by atoms with van der Waals surface area (Å²) in [6.07, 6.45) is 3.67. The van der Waals surface area contributed by atoms with E-state index in [-0.39, 0.29) is 0 Å². The molecule has 1 saturated heterocycles. The van der Waals surface area contributed by atoms with Crippen LogP contribution in [0.1, 0.15) is 26.2 Å². The van der Waals surface area contributed by atoms with Crippen LogP contribution in [0.15, 0.2) is 23.2 Å². The summed E-state index contributed by atoms with van der Waals surface area (Å²) in [7, 11) is 3.23. The number of nitrogens with zero attached hydrogens (tertiary/aromatic N) is 2. The first kappa shape index (κ1) is 17.4. The number of nitrogens with two attached hydrogens (primary N) is 1. The number of hydrogen-bond acceptors (Lipinski definition) is 4. The maximum Gasteiger partial charge on any atom is 0.193 e. The predicted octanol–water partition coefficient (Wildman–Crippen LogP) is 2.30. The Labute approximate surface area is 138 Å². The van der Waals surface area contributed by atoms with Crippen molar-refractivity contribution < 1.29 is 9.47 Å². The van der Waals surface area contributed by atoms with E-state index in [0.717, 1.165) is 18.7 Å². The van der Waals surface area contributed by atoms with Crippen LogP contribution in [0.4, 0.5) is 5.69 Å². The first-order chi connectivity index (χ1) is 11.2. The molecule has 1 atom stereocenters. The molecule has 0 bridgehead atoms. The van der Waals surface area contributed by atoms with Gasteiger partial charge in [-0.1, -0.05) is 6.92 Å². The fourth-order valence-corrected chi connectivity index (χ4v) is 2.91. The van der Waals surface area contributed by atoms with Crippen molar-refractivity contribution in [2.75, 3.05) is 39.2 Å². The standard InChI is InChI=1S/C17H28N4O2/c1-4-14(21-9-5-6-10-21)12-19-17(18)20-13-7-8-15(22-2)16(11-13)23-3/h7-8,11,14H,4-6,9-10,12H2,1-3H3,(H3,18,19,20). The molecule has 1 heterocycles. The second-order valence-electron chi connectivity index (χ2n) is 5.73. The van der Waals surface area contributed by atoms with E-state index < -0.39 is 0 Å². The molecule has 1 aromatic rings. The van der Waals surface area contributed by atoms with E-state index in [1.54, 1.807) is 14.2 Å². The average Bonchev–Trinajstić information content (AvgIpc) is 3.09. The number of ether oxygens (including phenoxy) is 2. The highest BCUT2D eigenvalue weighted by molar-refractivity contribution is 5.92. The summed E-state index contributed by atoms with van der Waals surface area (Å²) in [5, 5.41) is 3.11. The van der Waals surface area contributed by atoms with Crippen molar-refractivity contribution in [2.45, 2.75) is 32.2 Å². The highest BCUT2D eigenvalue weighted by Gasteiger charge is 2.19. The summed E-state index contributed by atoms with van der Waals surface area (Å²) in [6.45, 7) is 5.28. The van der Waals surface area contributed by atoms with Gasteiger partial charge < -0.3 is 20.5 Å². The van der Waals surface area contributed by atoms with Crippen molar-refractivity contribution in [3.8, 4) is 11.5 Å². The van der Waals surface area contributed by atoms with E-state index in [4.69, 9.17) is 15.2 Å². The van der Waals surface area contributed by atoms with Gasteiger partial charge in [-0.15, -0.1) is 0 Å². The minimum atomic E-state index is 0.426. The number of methoxy groups -OCH3 is 2. The van der Waals surface area contributed by atoms with Gasteiger partial charge in [0.05, 0.1) is 20.8 Å². The van der Waals surface area contributed by atoms with Crippen LogP contribution in [0.3, 0.4) is 0 Å². The summed E-state index contributed by atoms with van der Waals surface area (Å²) in [5.74, 6) is 1.78. The van der Waals surface area contributed by atoms with Crippen LogP contribution in [0.25, 0.3) is 0 Å². The van der Waals surface area contributed by atoms with Gasteiger partial charge in [-0.3, -0.25) is 9.89 Å². The lowest BCUT2D eigenvalue weighted by molar-refractivity contribution is 0.242. The van der Waals surface area contributed by atoms with E-state index in [2.05, 4.69) is 22.1 Å². The molecule has 128 valence electrons. The molecule has 0 aliphatic carbocycles. The lowest BCUT2D eigenvalue weighted by Gasteiger charge is -2.24. The second kappa shape index (κ2) is 8.62. The third-order valence-corrected chi connectivity index (χ3v) is 4.26. The van der Waals surface area contributed by atoms with Crippen molar-refractivity contribution in [2.24, 2.45) is 10.7 Å². The zero-order chi connectivity index (χ0) is 16.7. The second-order valence-corrected chi connectivity index (χ2v) is 5.73. The number of benzene rings is 1. The maximum atomic E-state index is 6.02. The number of hydrogen-bond donors (Lipinski definition) is 2. The lowest BCUT2D eigenvalue weighted by atomic mass is 10.2. The first-order valence-electron chi connectivity index (χ1n) is 8.21. The first-order valence-corrected chi connectivity index (χ1v) is 8.21. The van der Waals surface area contributed by atoms with Gasteiger partial charge in [0.15, 0.2) is 17.5 Å². The van der Waals surface area contributed by atoms with Crippen LogP contribution in [0.2, 0.25) is 0 Å². The monoisotopic (exact) mass is 320 g/mol. The zero-order valence-corrected chi connectivity index (χ0v) is 14.3. The molecule has 0 aromatic heterocycles. The molecule has 1 fully saturated rings. The highest BCUT2D eigenvalue weighted by atomic mass is 16.5. The Hall–Kier alpha value is -1.95. The number of nitrogens with one attached hydrogen (secondary N) is 1. The molecule has 2 rings (SSSR count). The van der Waals surface area contributed by atoms with Gasteiger partial charge in [-0.2, -0.15) is 0 Å². The smallest absolute Gasteiger partial charge is 0.193 e. The average molecular weight is 320 g/mol. The van der Waals surface area contributed by atoms with Gasteiger partial charge in [-0.25, -0.2) is 0 Å². The van der Waals surface area contributed by atoms with E-state index in [9.17, 15) is 0 Å². The molecule has 0 spiro atoms. The van der Waals surface area contributed by atoms with Gasteiger partial charge in [0.1, 0.15) is 0 Å². The van der Waals surface area contributed by atoms with Crippen LogP contribution >= 0.6 is 0 Å². The van der Waals surface area contributed by atoms with Gasteiger partial charge in [0.2, 0.25) is 0 Å². The third-order valence-electron chi connectivity index (χ3n) is 4.26. The Morgan fingerprint density at radius 1 is 1.26 bits per heavy atom. The number of guanidine groups is 1. The Balaban J connectivity index is 1.95. The Bertz CT molecular complexity index is 527. The Morgan fingerprint density at radius 3 is 2.57 bits per heavy atom. The molecule has 0 saturated carbocycles. The molecule has 1 aliphatic rings. The maximum absolute atomic E-state index is 6.02. The van der Waals surface area contributed by atoms with Crippen molar-refractivity contribution >= 4 is 11.6 Å². The normalized spacial score (nSPS) is 17.1. The quantitative estimate of drug-likeness (QED) is 0.596. The lowest BCUT2D eigenvalue weighted by Crippen LogP contribution is -2.35. The number of likely N-dealkylation sites (tertiary alicyclic amines) is 1. The largest absolute Gasteiger partial charge is 0.493 e. The summed E-state index contributed by atoms with van der Waals surface area (Å²) < 4.78 is 10.5. The van der Waals surface area contributed by atoms with Crippen LogP contribution in [-0.4, -0.2) is 50.8 Å². The minimum Gasteiger partial charge on any atom is -0.493 e. The van der Waals surface area contributed by atoms with E-state index >= 15 is 0 Å². The molecule has 1 unspecified atom stereocenters. The van der Waals surface area contributed by atoms with E-state index in [0.29, 0.717) is 23.5 Å². The third kappa shape index (κ3) is 4.76. The number of anilines is 1. The fraction of sp³-hybridized carbons (Fsp3) is 0.588. The number of rotatable bonds is 7. The Kier molecular flexibility index (Phi) is 6.52. The van der Waals surface area contributed by atoms with Crippen molar-refractivity contribution in [1.29, 1.82) is 0 Å². The minimum absolute atomic E-state index is 0.426. The molecule has 1 aromatic carbocycles. The van der Waals surface area contributed by atoms with Gasteiger partial charge >= 0.3 is 0 Å². The van der Waals surface area contributed by atoms with E-state index in [1.807, 2.05) is 18.2 Å². The molecule has 0 radical (unpaired) electrons. The molecule has 23 heavy (non-hydrogen) atoms. The summed E-state index contributed by atoms with van der Waals surface area (Å²) in [4.78, 5) is 7.01. The number of aliphatic imine (C=N–C) groups is 1. The van der Waals surface area contributed by atoms with Crippen molar-refractivity contribution in [3.05, 3.63) is 18.2 Å². The molecular weight excluding hydrogens is 292 g/mol. The van der Waals surface area contributed by atoms with E-state index in [1.165, 1.54) is 25.9 Å². The van der Waals surface area contributed by atoms with Crippen LogP contribution < -0.4 is 20.5 Å². The SMILES string of the molecule is CCC(CN=C(N)Nc1ccc(OC)c(OC)c1)N1CCCC1. The van der Waals surface area contributed by atoms with Gasteiger partial charge in [0.25, 0.3) is 0 Å². The predicted molar refractivity (Wildman–Crippen MR) is 94.5 cm³/mol. The molecule has 1 aliphatic heterocycles. The van der Waals surface area contributed by atoms with Crippen LogP contribution in [0.5, 0.6) is 11.5 Å². The van der Waals surface area contributed by atoms with Gasteiger partial charge in [-0.05, 0) is 44.5 Å². The van der Waals surface area contributed by atoms with Crippen LogP contribution in [0, 0.1) is 0 Å². The van der Waals surface area contributed by atoms with Crippen LogP contribution in [-0.2, 0) is 0 Å². The molecule has 6 heteroatoms. The molecule has 6 nitrogen and oxygen atoms in total. The van der Waals surface area contributed by atoms with Crippen molar-refractivity contribution in [1.82, 2.24) is 4.90 Å². The van der Waals surface area contributed by atoms with Crippen molar-refractivity contribution in [3.63, 3.8) is 0 Å². The molecule has 3 N–H and O–H groups in total. The summed E-state index contributed by atoms with van der Waals surface area (Å²) in [6, 6.07) is 6.05. The summed E-state index contributed by atoms with van der Waals surface area (Å²) >= 11 is 0. The Morgan fingerprint density at radius 2 is 1.96 bits per heavy atom. The molecular formula is C17H28N4O2. The molecule has 0 amide bonds. The summed E-state index contributed by atoms with van der Waals surface area (Å²) in [5.41, 5.74) is 6.85. The van der Waals surface area contributed by atoms with Gasteiger partial charge in [0, 0.05) is 17.8 Å². The fourth-order valence-electron chi connectivity index (χ4n) is 2.91. The topological polar surface area (TPSA) is 72.1 Å². The zero-order valence-electron chi connectivity index (χ0n) is 14.3. The highest BCUT2D eigenvalue weighted by Crippen LogP contribution is 2.29.